The number of anilines is 1. The molecule has 198 valence electrons. The standard InChI is InChI=1S/C30H25ClFN3O3S/c1-5-16-9-11-20-28(37)35(29(38)30(20,3)25(16)18-7-6-8-21(32)26(18)36)24-14-22(33-34(24)4)27-15(2)19-13-17(31)10-12-23(19)39-27/h5-10,12-14,20,25,36H,1,11H2,2-4H3/t20-,25+,30+/m0/s1. The zero-order chi connectivity index (χ0) is 27.8. The Bertz CT molecular complexity index is 1760. The van der Waals surface area contributed by atoms with Gasteiger partial charge in [0.15, 0.2) is 11.6 Å². The third-order valence-electron chi connectivity index (χ3n) is 8.21. The molecule has 2 aliphatic rings. The normalized spacial score (nSPS) is 22.9. The van der Waals surface area contributed by atoms with Crippen molar-refractivity contribution < 1.29 is 19.1 Å². The average molecular weight is 562 g/mol. The third-order valence-corrected chi connectivity index (χ3v) is 9.74. The summed E-state index contributed by atoms with van der Waals surface area (Å²) in [6.45, 7) is 7.61. The summed E-state index contributed by atoms with van der Waals surface area (Å²) in [7, 11) is 1.70. The SMILES string of the molecule is C=CC1=CC[C@H]2C(=O)N(c3cc(-c4sc5ccc(Cl)cc5c4C)nn3C)C(=O)[C@@]2(C)[C@H]1c1cccc(F)c1O. The molecule has 0 saturated carbocycles. The Morgan fingerprint density at radius 1 is 1.26 bits per heavy atom. The van der Waals surface area contributed by atoms with Gasteiger partial charge in [-0.05, 0) is 61.1 Å². The van der Waals surface area contributed by atoms with Gasteiger partial charge in [0.1, 0.15) is 11.5 Å². The summed E-state index contributed by atoms with van der Waals surface area (Å²) in [5.41, 5.74) is 1.31. The van der Waals surface area contributed by atoms with Crippen LogP contribution in [0.3, 0.4) is 0 Å². The summed E-state index contributed by atoms with van der Waals surface area (Å²) in [6, 6.07) is 11.7. The molecule has 6 nitrogen and oxygen atoms in total. The van der Waals surface area contributed by atoms with Gasteiger partial charge in [0, 0.05) is 34.3 Å². The number of hydrogen-bond acceptors (Lipinski definition) is 5. The Labute approximate surface area is 233 Å². The first-order valence-corrected chi connectivity index (χ1v) is 13.7. The van der Waals surface area contributed by atoms with Crippen molar-refractivity contribution in [1.29, 1.82) is 0 Å². The molecule has 39 heavy (non-hydrogen) atoms. The number of phenolic OH excluding ortho intramolecular Hbond substituents is 1. The lowest BCUT2D eigenvalue weighted by Gasteiger charge is -2.40. The van der Waals surface area contributed by atoms with E-state index < -0.39 is 34.7 Å². The fourth-order valence-electron chi connectivity index (χ4n) is 6.19. The molecule has 0 radical (unpaired) electrons. The van der Waals surface area contributed by atoms with E-state index in [4.69, 9.17) is 11.6 Å². The molecule has 6 rings (SSSR count). The number of allylic oxidation sites excluding steroid dienone is 3. The van der Waals surface area contributed by atoms with Crippen LogP contribution in [0, 0.1) is 24.1 Å². The third kappa shape index (κ3) is 3.54. The molecule has 0 bridgehead atoms. The minimum Gasteiger partial charge on any atom is -0.505 e. The first-order chi connectivity index (χ1) is 18.6. The monoisotopic (exact) mass is 561 g/mol. The predicted molar refractivity (Wildman–Crippen MR) is 152 cm³/mol. The molecule has 3 heterocycles. The molecule has 2 amide bonds. The lowest BCUT2D eigenvalue weighted by atomic mass is 9.60. The van der Waals surface area contributed by atoms with Crippen molar-refractivity contribution in [3.05, 3.63) is 88.7 Å². The highest BCUT2D eigenvalue weighted by molar-refractivity contribution is 7.22. The van der Waals surface area contributed by atoms with Crippen molar-refractivity contribution in [2.75, 3.05) is 4.90 Å². The van der Waals surface area contributed by atoms with Crippen LogP contribution < -0.4 is 4.90 Å². The second kappa shape index (κ2) is 8.89. The van der Waals surface area contributed by atoms with E-state index in [0.717, 1.165) is 26.6 Å². The number of fused-ring (bicyclic) bond motifs is 2. The largest absolute Gasteiger partial charge is 0.505 e. The van der Waals surface area contributed by atoms with E-state index in [9.17, 15) is 19.1 Å². The summed E-state index contributed by atoms with van der Waals surface area (Å²) in [4.78, 5) is 30.3. The molecule has 4 aromatic rings. The van der Waals surface area contributed by atoms with Crippen LogP contribution in [0.5, 0.6) is 5.75 Å². The lowest BCUT2D eigenvalue weighted by Crippen LogP contribution is -2.42. The molecular weight excluding hydrogens is 537 g/mol. The van der Waals surface area contributed by atoms with Crippen LogP contribution >= 0.6 is 22.9 Å². The van der Waals surface area contributed by atoms with E-state index >= 15 is 0 Å². The van der Waals surface area contributed by atoms with Crippen LogP contribution in [-0.2, 0) is 16.6 Å². The van der Waals surface area contributed by atoms with Crippen LogP contribution in [0.2, 0.25) is 5.02 Å². The summed E-state index contributed by atoms with van der Waals surface area (Å²) in [5, 5.41) is 17.0. The minimum absolute atomic E-state index is 0.251. The first-order valence-electron chi connectivity index (χ1n) is 12.5. The Morgan fingerprint density at radius 2 is 2.03 bits per heavy atom. The number of para-hydroxylation sites is 1. The second-order valence-electron chi connectivity index (χ2n) is 10.3. The van der Waals surface area contributed by atoms with Crippen molar-refractivity contribution in [1.82, 2.24) is 9.78 Å². The van der Waals surface area contributed by atoms with E-state index in [1.165, 1.54) is 11.0 Å². The number of thiophene rings is 1. The van der Waals surface area contributed by atoms with Gasteiger partial charge in [0.25, 0.3) is 0 Å². The Morgan fingerprint density at radius 3 is 2.77 bits per heavy atom. The molecular formula is C30H25ClFN3O3S. The van der Waals surface area contributed by atoms with Gasteiger partial charge in [-0.25, -0.2) is 9.29 Å². The topological polar surface area (TPSA) is 75.4 Å². The van der Waals surface area contributed by atoms with E-state index in [1.54, 1.807) is 48.2 Å². The second-order valence-corrected chi connectivity index (χ2v) is 11.8. The van der Waals surface area contributed by atoms with Gasteiger partial charge in [0.05, 0.1) is 16.2 Å². The number of aryl methyl sites for hydroxylation is 2. The van der Waals surface area contributed by atoms with E-state index in [-0.39, 0.29) is 11.5 Å². The van der Waals surface area contributed by atoms with Crippen LogP contribution in [-0.4, -0.2) is 26.7 Å². The molecule has 9 heteroatoms. The van der Waals surface area contributed by atoms with Crippen molar-refractivity contribution in [3.63, 3.8) is 0 Å². The Balaban J connectivity index is 1.46. The van der Waals surface area contributed by atoms with E-state index in [1.807, 2.05) is 31.2 Å². The minimum atomic E-state index is -1.27. The van der Waals surface area contributed by atoms with Crippen LogP contribution in [0.25, 0.3) is 20.7 Å². The molecule has 0 spiro atoms. The Hall–Kier alpha value is -3.75. The highest BCUT2D eigenvalue weighted by Crippen LogP contribution is 2.58. The number of phenols is 1. The van der Waals surface area contributed by atoms with Crippen molar-refractivity contribution in [2.45, 2.75) is 26.2 Å². The van der Waals surface area contributed by atoms with Gasteiger partial charge in [-0.15, -0.1) is 11.3 Å². The quantitative estimate of drug-likeness (QED) is 0.275. The van der Waals surface area contributed by atoms with Gasteiger partial charge in [-0.2, -0.15) is 5.10 Å². The summed E-state index contributed by atoms with van der Waals surface area (Å²) >= 11 is 7.79. The number of aromatic hydroxyl groups is 1. The van der Waals surface area contributed by atoms with Crippen LogP contribution in [0.15, 0.2) is 66.8 Å². The number of benzene rings is 2. The van der Waals surface area contributed by atoms with Crippen molar-refractivity contribution in [3.8, 4) is 16.3 Å². The van der Waals surface area contributed by atoms with Gasteiger partial charge >= 0.3 is 0 Å². The molecule has 1 fully saturated rings. The summed E-state index contributed by atoms with van der Waals surface area (Å²) < 4.78 is 17.0. The summed E-state index contributed by atoms with van der Waals surface area (Å²) in [6.07, 6.45) is 3.78. The maximum Gasteiger partial charge on any atom is 0.242 e. The Kier molecular flexibility index (Phi) is 5.82. The van der Waals surface area contributed by atoms with Gasteiger partial charge in [-0.3, -0.25) is 14.3 Å². The molecule has 0 unspecified atom stereocenters. The zero-order valence-corrected chi connectivity index (χ0v) is 23.1. The number of hydrogen-bond donors (Lipinski definition) is 1. The highest BCUT2D eigenvalue weighted by Gasteiger charge is 2.63. The van der Waals surface area contributed by atoms with Crippen LogP contribution in [0.4, 0.5) is 10.2 Å². The number of rotatable bonds is 4. The lowest BCUT2D eigenvalue weighted by molar-refractivity contribution is -0.127. The number of carbonyl (C=O) groups is 2. The first kappa shape index (κ1) is 25.5. The fourth-order valence-corrected chi connectivity index (χ4v) is 7.51. The van der Waals surface area contributed by atoms with Crippen molar-refractivity contribution >= 4 is 50.7 Å². The van der Waals surface area contributed by atoms with Gasteiger partial charge in [0.2, 0.25) is 11.8 Å². The maximum absolute atomic E-state index is 14.4. The van der Waals surface area contributed by atoms with Gasteiger partial charge in [-0.1, -0.05) is 42.5 Å². The van der Waals surface area contributed by atoms with E-state index in [2.05, 4.69) is 11.7 Å². The summed E-state index contributed by atoms with van der Waals surface area (Å²) in [5.74, 6) is -3.19. The number of imide groups is 1. The van der Waals surface area contributed by atoms with Crippen LogP contribution in [0.1, 0.15) is 30.4 Å². The molecule has 1 aliphatic carbocycles. The maximum atomic E-state index is 14.4. The highest BCUT2D eigenvalue weighted by atomic mass is 35.5. The molecule has 3 atom stereocenters. The number of amides is 2. The molecule has 1 aliphatic heterocycles. The smallest absolute Gasteiger partial charge is 0.242 e. The number of halogens is 2. The number of nitrogens with zero attached hydrogens (tertiary/aromatic N) is 3. The number of aromatic nitrogens is 2. The predicted octanol–water partition coefficient (Wildman–Crippen LogP) is 6.90. The zero-order valence-electron chi connectivity index (χ0n) is 21.5. The molecule has 2 aromatic heterocycles. The van der Waals surface area contributed by atoms with Gasteiger partial charge < -0.3 is 5.11 Å². The molecule has 2 aromatic carbocycles. The fraction of sp³-hybridized carbons (Fsp3) is 0.233. The van der Waals surface area contributed by atoms with Crippen molar-refractivity contribution in [2.24, 2.45) is 18.4 Å². The average Bonchev–Trinajstić information content (AvgIpc) is 3.50. The molecule has 1 N–H and O–H groups in total. The molecule has 1 saturated heterocycles. The number of carbonyl (C=O) groups excluding carboxylic acids is 2. The van der Waals surface area contributed by atoms with E-state index in [0.29, 0.717) is 28.5 Å².